The summed E-state index contributed by atoms with van der Waals surface area (Å²) in [5.41, 5.74) is 3.44. The van der Waals surface area contributed by atoms with Gasteiger partial charge >= 0.3 is 0 Å². The van der Waals surface area contributed by atoms with E-state index in [-0.39, 0.29) is 4.83 Å². The molecule has 0 radical (unpaired) electrons. The number of benzene rings is 2. The Morgan fingerprint density at radius 3 is 2.47 bits per heavy atom. The van der Waals surface area contributed by atoms with Crippen molar-refractivity contribution in [3.05, 3.63) is 62.6 Å². The van der Waals surface area contributed by atoms with Crippen LogP contribution in [0, 0.1) is 6.92 Å². The molecule has 4 heteroatoms. The topological polar surface area (TPSA) is 9.23 Å². The standard InChI is InChI=1S/C15H13Br2ClO/c1-9-5-3-4-6-11(9)14(17)12-7-10(18)8-13(16)15(12)19-2/h3-8,14H,1-2H3. The fraction of sp³-hybridized carbons (Fsp3) is 0.200. The van der Waals surface area contributed by atoms with Crippen molar-refractivity contribution >= 4 is 43.5 Å². The molecular formula is C15H13Br2ClO. The van der Waals surface area contributed by atoms with E-state index in [0.29, 0.717) is 5.02 Å². The van der Waals surface area contributed by atoms with Gasteiger partial charge in [-0.2, -0.15) is 0 Å². The molecule has 2 aromatic carbocycles. The summed E-state index contributed by atoms with van der Waals surface area (Å²) >= 11 is 13.4. The summed E-state index contributed by atoms with van der Waals surface area (Å²) in [6.45, 7) is 2.09. The molecule has 0 saturated carbocycles. The van der Waals surface area contributed by atoms with Crippen LogP contribution in [0.1, 0.15) is 21.5 Å². The highest BCUT2D eigenvalue weighted by Crippen LogP contribution is 2.42. The van der Waals surface area contributed by atoms with Gasteiger partial charge in [0.2, 0.25) is 0 Å². The molecule has 0 bridgehead atoms. The number of halogens is 3. The van der Waals surface area contributed by atoms with E-state index in [1.807, 2.05) is 24.3 Å². The largest absolute Gasteiger partial charge is 0.495 e. The highest BCUT2D eigenvalue weighted by molar-refractivity contribution is 9.10. The number of hydrogen-bond donors (Lipinski definition) is 0. The molecule has 0 fully saturated rings. The number of rotatable bonds is 3. The maximum absolute atomic E-state index is 6.14. The lowest BCUT2D eigenvalue weighted by Gasteiger charge is -2.18. The molecule has 1 nitrogen and oxygen atoms in total. The van der Waals surface area contributed by atoms with Crippen molar-refractivity contribution in [1.29, 1.82) is 0 Å². The van der Waals surface area contributed by atoms with Crippen molar-refractivity contribution < 1.29 is 4.74 Å². The minimum atomic E-state index is 0.0404. The monoisotopic (exact) mass is 402 g/mol. The van der Waals surface area contributed by atoms with Gasteiger partial charge in [-0.05, 0) is 46.1 Å². The van der Waals surface area contributed by atoms with Gasteiger partial charge in [0, 0.05) is 10.6 Å². The van der Waals surface area contributed by atoms with E-state index >= 15 is 0 Å². The first-order valence-electron chi connectivity index (χ1n) is 5.77. The van der Waals surface area contributed by atoms with Crippen LogP contribution in [0.5, 0.6) is 5.75 Å². The van der Waals surface area contributed by atoms with Crippen molar-refractivity contribution in [2.24, 2.45) is 0 Å². The first-order chi connectivity index (χ1) is 9.04. The Morgan fingerprint density at radius 2 is 1.84 bits per heavy atom. The summed E-state index contributed by atoms with van der Waals surface area (Å²) in [5.74, 6) is 0.800. The second-order valence-electron chi connectivity index (χ2n) is 4.23. The third kappa shape index (κ3) is 3.15. The molecule has 0 aliphatic rings. The Bertz CT molecular complexity index is 599. The van der Waals surface area contributed by atoms with Gasteiger partial charge in [0.15, 0.2) is 0 Å². The van der Waals surface area contributed by atoms with Crippen LogP contribution in [0.2, 0.25) is 5.02 Å². The number of methoxy groups -OCH3 is 1. The van der Waals surface area contributed by atoms with Crippen LogP contribution >= 0.6 is 43.5 Å². The molecule has 0 aliphatic heterocycles. The summed E-state index contributed by atoms with van der Waals surface area (Å²) < 4.78 is 6.34. The van der Waals surface area contributed by atoms with Gasteiger partial charge in [-0.25, -0.2) is 0 Å². The van der Waals surface area contributed by atoms with E-state index in [2.05, 4.69) is 50.9 Å². The van der Waals surface area contributed by atoms with Crippen LogP contribution in [0.4, 0.5) is 0 Å². The Morgan fingerprint density at radius 1 is 1.16 bits per heavy atom. The first-order valence-corrected chi connectivity index (χ1v) is 7.85. The van der Waals surface area contributed by atoms with Crippen LogP contribution in [0.3, 0.4) is 0 Å². The zero-order valence-corrected chi connectivity index (χ0v) is 14.5. The van der Waals surface area contributed by atoms with Crippen molar-refractivity contribution in [2.45, 2.75) is 11.8 Å². The van der Waals surface area contributed by atoms with E-state index in [1.165, 1.54) is 11.1 Å². The smallest absolute Gasteiger partial charge is 0.137 e. The third-order valence-corrected chi connectivity index (χ3v) is 4.77. The van der Waals surface area contributed by atoms with E-state index in [1.54, 1.807) is 7.11 Å². The Hall–Kier alpha value is -0.510. The fourth-order valence-corrected chi connectivity index (χ4v) is 3.87. The molecule has 0 heterocycles. The van der Waals surface area contributed by atoms with Crippen LogP contribution in [-0.2, 0) is 0 Å². The fourth-order valence-electron chi connectivity index (χ4n) is 2.02. The third-order valence-electron chi connectivity index (χ3n) is 2.98. The molecule has 0 aromatic heterocycles. The predicted molar refractivity (Wildman–Crippen MR) is 87.7 cm³/mol. The van der Waals surface area contributed by atoms with Gasteiger partial charge in [-0.15, -0.1) is 0 Å². The van der Waals surface area contributed by atoms with Gasteiger partial charge in [0.05, 0.1) is 16.4 Å². The highest BCUT2D eigenvalue weighted by atomic mass is 79.9. The normalized spacial score (nSPS) is 12.3. The molecule has 19 heavy (non-hydrogen) atoms. The van der Waals surface area contributed by atoms with Crippen LogP contribution < -0.4 is 4.74 Å². The number of ether oxygens (including phenoxy) is 1. The van der Waals surface area contributed by atoms with Gasteiger partial charge in [-0.1, -0.05) is 51.8 Å². The first kappa shape index (κ1) is 14.9. The predicted octanol–water partition coefficient (Wildman–Crippen LogP) is 5.90. The minimum Gasteiger partial charge on any atom is -0.495 e. The summed E-state index contributed by atoms with van der Waals surface area (Å²) in [4.78, 5) is 0.0404. The lowest BCUT2D eigenvalue weighted by atomic mass is 10.00. The molecule has 0 amide bonds. The van der Waals surface area contributed by atoms with E-state index in [9.17, 15) is 0 Å². The van der Waals surface area contributed by atoms with E-state index < -0.39 is 0 Å². The Balaban J connectivity index is 2.55. The van der Waals surface area contributed by atoms with Gasteiger partial charge in [-0.3, -0.25) is 0 Å². The molecule has 2 aromatic rings. The van der Waals surface area contributed by atoms with E-state index in [4.69, 9.17) is 16.3 Å². The highest BCUT2D eigenvalue weighted by Gasteiger charge is 2.19. The quantitative estimate of drug-likeness (QED) is 0.579. The average molecular weight is 405 g/mol. The van der Waals surface area contributed by atoms with Crippen molar-refractivity contribution in [2.75, 3.05) is 7.11 Å². The lowest BCUT2D eigenvalue weighted by molar-refractivity contribution is 0.408. The zero-order valence-electron chi connectivity index (χ0n) is 10.6. The lowest BCUT2D eigenvalue weighted by Crippen LogP contribution is -2.00. The average Bonchev–Trinajstić information content (AvgIpc) is 2.37. The molecule has 0 aliphatic carbocycles. The van der Waals surface area contributed by atoms with Gasteiger partial charge < -0.3 is 4.74 Å². The van der Waals surface area contributed by atoms with Crippen LogP contribution in [0.15, 0.2) is 40.9 Å². The number of alkyl halides is 1. The molecule has 0 N–H and O–H groups in total. The summed E-state index contributed by atoms with van der Waals surface area (Å²) in [6, 6.07) is 12.0. The van der Waals surface area contributed by atoms with Gasteiger partial charge in [0.25, 0.3) is 0 Å². The van der Waals surface area contributed by atoms with E-state index in [0.717, 1.165) is 15.8 Å². The van der Waals surface area contributed by atoms with Gasteiger partial charge in [0.1, 0.15) is 5.75 Å². The van der Waals surface area contributed by atoms with Crippen LogP contribution in [0.25, 0.3) is 0 Å². The Labute approximate surface area is 135 Å². The number of hydrogen-bond acceptors (Lipinski definition) is 1. The molecule has 100 valence electrons. The van der Waals surface area contributed by atoms with Crippen molar-refractivity contribution in [3.63, 3.8) is 0 Å². The molecule has 0 spiro atoms. The molecular weight excluding hydrogens is 391 g/mol. The molecule has 1 unspecified atom stereocenters. The second-order valence-corrected chi connectivity index (χ2v) is 6.44. The maximum Gasteiger partial charge on any atom is 0.137 e. The summed E-state index contributed by atoms with van der Waals surface area (Å²) in [5, 5.41) is 0.681. The maximum atomic E-state index is 6.14. The molecule has 0 saturated heterocycles. The Kier molecular flexibility index (Phi) is 4.93. The van der Waals surface area contributed by atoms with Crippen molar-refractivity contribution in [3.8, 4) is 5.75 Å². The summed E-state index contributed by atoms with van der Waals surface area (Å²) in [6.07, 6.45) is 0. The molecule has 2 rings (SSSR count). The number of aryl methyl sites for hydroxylation is 1. The minimum absolute atomic E-state index is 0.0404. The summed E-state index contributed by atoms with van der Waals surface area (Å²) in [7, 11) is 1.66. The molecule has 1 atom stereocenters. The second kappa shape index (κ2) is 6.29. The zero-order chi connectivity index (χ0) is 14.0. The van der Waals surface area contributed by atoms with Crippen LogP contribution in [-0.4, -0.2) is 7.11 Å². The van der Waals surface area contributed by atoms with Crippen molar-refractivity contribution in [1.82, 2.24) is 0 Å². The SMILES string of the molecule is COc1c(Br)cc(Cl)cc1C(Br)c1ccccc1C.